The minimum Gasteiger partial charge on any atom is -0.356 e. The smallest absolute Gasteiger partial charge is 0.249 e. The molecule has 0 bridgehead atoms. The van der Waals surface area contributed by atoms with E-state index < -0.39 is 0 Å². The molecule has 1 amide bonds. The second kappa shape index (κ2) is 8.09. The molecule has 0 radical (unpaired) electrons. The van der Waals surface area contributed by atoms with Gasteiger partial charge in [-0.25, -0.2) is 19.4 Å². The number of halogens is 1. The first-order chi connectivity index (χ1) is 14.1. The van der Waals surface area contributed by atoms with E-state index in [1.165, 1.54) is 17.5 Å². The average Bonchev–Trinajstić information content (AvgIpc) is 3.25. The second-order valence-electron chi connectivity index (χ2n) is 7.27. The number of aromatic nitrogens is 3. The number of nitriles is 1. The lowest BCUT2D eigenvalue weighted by Gasteiger charge is -2.34. The van der Waals surface area contributed by atoms with Crippen LogP contribution in [-0.2, 0) is 9.63 Å². The first-order valence-corrected chi connectivity index (χ1v) is 9.62. The first kappa shape index (κ1) is 19.2. The minimum absolute atomic E-state index is 0.0754. The molecule has 2 aromatic rings. The van der Waals surface area contributed by atoms with Gasteiger partial charge in [0.1, 0.15) is 29.7 Å². The number of amides is 1. The number of aryl methyl sites for hydroxylation is 1. The maximum atomic E-state index is 13.9. The summed E-state index contributed by atoms with van der Waals surface area (Å²) in [6.07, 6.45) is 4.91. The standard InChI is InChI=1S/C20H21FN6O2/c1-13-17(21)8-15(11-23-13)18-4-7-29-27(18)20(28)14-2-5-26(6-3-14)19-9-16(10-22)24-12-25-19/h8-9,11-12,14,18H,2-7H2,1H3/t18-/m0/s1. The van der Waals surface area contributed by atoms with Crippen LogP contribution in [0.25, 0.3) is 0 Å². The molecule has 9 heteroatoms. The summed E-state index contributed by atoms with van der Waals surface area (Å²) in [5.74, 6) is 0.0663. The van der Waals surface area contributed by atoms with E-state index in [2.05, 4.69) is 15.0 Å². The summed E-state index contributed by atoms with van der Waals surface area (Å²) in [6, 6.07) is 4.79. The predicted molar refractivity (Wildman–Crippen MR) is 101 cm³/mol. The van der Waals surface area contributed by atoms with Gasteiger partial charge in [0.25, 0.3) is 0 Å². The van der Waals surface area contributed by atoms with Gasteiger partial charge in [-0.2, -0.15) is 5.26 Å². The molecule has 0 spiro atoms. The van der Waals surface area contributed by atoms with Crippen LogP contribution in [0.1, 0.15) is 42.3 Å². The van der Waals surface area contributed by atoms with E-state index >= 15 is 0 Å². The molecule has 2 saturated heterocycles. The molecule has 150 valence electrons. The molecule has 2 fully saturated rings. The number of anilines is 1. The normalized spacial score (nSPS) is 20.0. The van der Waals surface area contributed by atoms with Crippen LogP contribution in [0.15, 0.2) is 24.7 Å². The van der Waals surface area contributed by atoms with Crippen molar-refractivity contribution in [1.82, 2.24) is 20.0 Å². The molecular weight excluding hydrogens is 375 g/mol. The zero-order chi connectivity index (χ0) is 20.4. The van der Waals surface area contributed by atoms with E-state index in [9.17, 15) is 9.18 Å². The number of hydroxylamine groups is 2. The monoisotopic (exact) mass is 396 g/mol. The van der Waals surface area contributed by atoms with Gasteiger partial charge < -0.3 is 4.90 Å². The van der Waals surface area contributed by atoms with Gasteiger partial charge in [-0.3, -0.25) is 14.6 Å². The fourth-order valence-corrected chi connectivity index (χ4v) is 3.81. The fourth-order valence-electron chi connectivity index (χ4n) is 3.81. The summed E-state index contributed by atoms with van der Waals surface area (Å²) in [4.78, 5) is 32.9. The largest absolute Gasteiger partial charge is 0.356 e. The van der Waals surface area contributed by atoms with Crippen LogP contribution in [0.5, 0.6) is 0 Å². The molecule has 0 aliphatic carbocycles. The summed E-state index contributed by atoms with van der Waals surface area (Å²) in [7, 11) is 0. The van der Waals surface area contributed by atoms with Crippen LogP contribution in [0.2, 0.25) is 0 Å². The molecule has 4 rings (SSSR count). The van der Waals surface area contributed by atoms with Gasteiger partial charge in [-0.05, 0) is 31.4 Å². The lowest BCUT2D eigenvalue weighted by Crippen LogP contribution is -2.42. The lowest BCUT2D eigenvalue weighted by molar-refractivity contribution is -0.182. The van der Waals surface area contributed by atoms with E-state index in [4.69, 9.17) is 10.1 Å². The van der Waals surface area contributed by atoms with Crippen molar-refractivity contribution < 1.29 is 14.0 Å². The van der Waals surface area contributed by atoms with E-state index in [0.29, 0.717) is 61.7 Å². The molecule has 0 unspecified atom stereocenters. The molecule has 0 saturated carbocycles. The molecule has 0 aromatic carbocycles. The summed E-state index contributed by atoms with van der Waals surface area (Å²) in [6.45, 7) is 3.33. The Kier molecular flexibility index (Phi) is 5.36. The van der Waals surface area contributed by atoms with Crippen LogP contribution in [0.3, 0.4) is 0 Å². The van der Waals surface area contributed by atoms with Crippen LogP contribution in [-0.4, -0.2) is 45.6 Å². The van der Waals surface area contributed by atoms with Crippen molar-refractivity contribution in [1.29, 1.82) is 5.26 Å². The maximum absolute atomic E-state index is 13.9. The molecule has 2 aliphatic rings. The van der Waals surface area contributed by atoms with E-state index in [1.54, 1.807) is 19.2 Å². The maximum Gasteiger partial charge on any atom is 0.249 e. The highest BCUT2D eigenvalue weighted by molar-refractivity contribution is 5.79. The number of piperidine rings is 1. The average molecular weight is 396 g/mol. The Balaban J connectivity index is 1.42. The van der Waals surface area contributed by atoms with Crippen LogP contribution >= 0.6 is 0 Å². The van der Waals surface area contributed by atoms with Gasteiger partial charge >= 0.3 is 0 Å². The van der Waals surface area contributed by atoms with Crippen molar-refractivity contribution in [3.63, 3.8) is 0 Å². The minimum atomic E-state index is -0.378. The van der Waals surface area contributed by atoms with Gasteiger partial charge in [0.05, 0.1) is 18.3 Å². The third-order valence-corrected chi connectivity index (χ3v) is 5.49. The van der Waals surface area contributed by atoms with Gasteiger partial charge in [0.2, 0.25) is 5.91 Å². The van der Waals surface area contributed by atoms with Gasteiger partial charge in [0.15, 0.2) is 0 Å². The highest BCUT2D eigenvalue weighted by Gasteiger charge is 2.37. The highest BCUT2D eigenvalue weighted by Crippen LogP contribution is 2.34. The molecule has 2 aliphatic heterocycles. The molecular formula is C20H21FN6O2. The van der Waals surface area contributed by atoms with Gasteiger partial charge in [-0.1, -0.05) is 0 Å². The third-order valence-electron chi connectivity index (χ3n) is 5.49. The van der Waals surface area contributed by atoms with Crippen molar-refractivity contribution in [2.45, 2.75) is 32.2 Å². The Bertz CT molecular complexity index is 954. The highest BCUT2D eigenvalue weighted by atomic mass is 19.1. The molecule has 8 nitrogen and oxygen atoms in total. The Labute approximate surface area is 167 Å². The quantitative estimate of drug-likeness (QED) is 0.786. The van der Waals surface area contributed by atoms with Crippen LogP contribution in [0.4, 0.5) is 10.2 Å². The van der Waals surface area contributed by atoms with Gasteiger partial charge in [-0.15, -0.1) is 0 Å². The number of carbonyl (C=O) groups excluding carboxylic acids is 1. The van der Waals surface area contributed by atoms with E-state index in [-0.39, 0.29) is 23.7 Å². The summed E-state index contributed by atoms with van der Waals surface area (Å²) in [5, 5.41) is 10.4. The predicted octanol–water partition coefficient (Wildman–Crippen LogP) is 2.31. The van der Waals surface area contributed by atoms with Gasteiger partial charge in [0, 0.05) is 37.7 Å². The molecule has 0 N–H and O–H groups in total. The summed E-state index contributed by atoms with van der Waals surface area (Å²) >= 11 is 0. The summed E-state index contributed by atoms with van der Waals surface area (Å²) in [5.41, 5.74) is 1.31. The number of rotatable bonds is 3. The zero-order valence-corrected chi connectivity index (χ0v) is 16.1. The Hall–Kier alpha value is -3.12. The molecule has 4 heterocycles. The van der Waals surface area contributed by atoms with Crippen molar-refractivity contribution in [2.75, 3.05) is 24.6 Å². The number of hydrogen-bond donors (Lipinski definition) is 0. The number of nitrogens with zero attached hydrogens (tertiary/aromatic N) is 6. The molecule has 1 atom stereocenters. The Morgan fingerprint density at radius 1 is 1.24 bits per heavy atom. The molecule has 2 aromatic heterocycles. The number of hydrogen-bond acceptors (Lipinski definition) is 7. The first-order valence-electron chi connectivity index (χ1n) is 9.62. The third kappa shape index (κ3) is 3.89. The fraction of sp³-hybridized carbons (Fsp3) is 0.450. The topological polar surface area (TPSA) is 95.2 Å². The van der Waals surface area contributed by atoms with E-state index in [1.807, 2.05) is 11.0 Å². The van der Waals surface area contributed by atoms with Crippen molar-refractivity contribution in [3.8, 4) is 6.07 Å². The number of pyridine rings is 1. The molecule has 29 heavy (non-hydrogen) atoms. The van der Waals surface area contributed by atoms with E-state index in [0.717, 1.165) is 0 Å². The van der Waals surface area contributed by atoms with Crippen LogP contribution < -0.4 is 4.90 Å². The number of carbonyl (C=O) groups is 1. The lowest BCUT2D eigenvalue weighted by atomic mass is 9.94. The van der Waals surface area contributed by atoms with Crippen molar-refractivity contribution >= 4 is 11.7 Å². The SMILES string of the molecule is Cc1ncc([C@@H]2CCON2C(=O)C2CCN(c3cc(C#N)ncn3)CC2)cc1F. The van der Waals surface area contributed by atoms with Crippen molar-refractivity contribution in [2.24, 2.45) is 5.92 Å². The van der Waals surface area contributed by atoms with Crippen LogP contribution in [0, 0.1) is 30.0 Å². The Morgan fingerprint density at radius 2 is 2.03 bits per heavy atom. The van der Waals surface area contributed by atoms with Crippen molar-refractivity contribution in [3.05, 3.63) is 47.4 Å². The second-order valence-corrected chi connectivity index (χ2v) is 7.27. The Morgan fingerprint density at radius 3 is 2.76 bits per heavy atom. The zero-order valence-electron chi connectivity index (χ0n) is 16.1. The summed E-state index contributed by atoms with van der Waals surface area (Å²) < 4.78 is 13.9.